The molecule has 3 aliphatic rings. The minimum absolute atomic E-state index is 0.168. The molecule has 3 fully saturated rings. The van der Waals surface area contributed by atoms with Crippen LogP contribution in [0.15, 0.2) is 18.2 Å². The van der Waals surface area contributed by atoms with E-state index in [2.05, 4.69) is 10.2 Å². The van der Waals surface area contributed by atoms with Crippen molar-refractivity contribution >= 4 is 11.6 Å². The van der Waals surface area contributed by atoms with Crippen LogP contribution in [0, 0.1) is 17.7 Å². The van der Waals surface area contributed by atoms with Crippen molar-refractivity contribution in [3.63, 3.8) is 0 Å². The van der Waals surface area contributed by atoms with Gasteiger partial charge in [0.15, 0.2) is 0 Å². The van der Waals surface area contributed by atoms with Gasteiger partial charge in [-0.1, -0.05) is 17.7 Å². The van der Waals surface area contributed by atoms with Crippen molar-refractivity contribution in [1.82, 2.24) is 10.2 Å². The molecule has 1 saturated heterocycles. The minimum atomic E-state index is -0.168. The summed E-state index contributed by atoms with van der Waals surface area (Å²) < 4.78 is 14.1. The first-order chi connectivity index (χ1) is 10.2. The highest BCUT2D eigenvalue weighted by Gasteiger charge is 2.42. The van der Waals surface area contributed by atoms with Crippen molar-refractivity contribution in [2.24, 2.45) is 11.8 Å². The number of benzene rings is 1. The van der Waals surface area contributed by atoms with Gasteiger partial charge in [0.1, 0.15) is 5.82 Å². The second-order valence-electron chi connectivity index (χ2n) is 6.89. The van der Waals surface area contributed by atoms with Gasteiger partial charge in [-0.3, -0.25) is 4.90 Å². The van der Waals surface area contributed by atoms with Gasteiger partial charge in [-0.15, -0.1) is 0 Å². The lowest BCUT2D eigenvalue weighted by molar-refractivity contribution is 0.0992. The average Bonchev–Trinajstić information content (AvgIpc) is 3.36. The number of hydrogen-bond donors (Lipinski definition) is 1. The van der Waals surface area contributed by atoms with Gasteiger partial charge >= 0.3 is 0 Å². The van der Waals surface area contributed by atoms with E-state index in [4.69, 9.17) is 11.6 Å². The third-order valence-electron chi connectivity index (χ3n) is 5.27. The second-order valence-corrected chi connectivity index (χ2v) is 7.29. The highest BCUT2D eigenvalue weighted by Crippen LogP contribution is 2.40. The summed E-state index contributed by atoms with van der Waals surface area (Å²) in [5.74, 6) is 1.46. The van der Waals surface area contributed by atoms with Gasteiger partial charge in [0, 0.05) is 42.3 Å². The van der Waals surface area contributed by atoms with Crippen molar-refractivity contribution < 1.29 is 4.39 Å². The van der Waals surface area contributed by atoms with E-state index in [9.17, 15) is 4.39 Å². The van der Waals surface area contributed by atoms with E-state index in [1.807, 2.05) is 0 Å². The fourth-order valence-electron chi connectivity index (χ4n) is 3.68. The number of hydrogen-bond acceptors (Lipinski definition) is 2. The number of nitrogens with zero attached hydrogens (tertiary/aromatic N) is 1. The summed E-state index contributed by atoms with van der Waals surface area (Å²) in [6.07, 6.45) is 5.34. The van der Waals surface area contributed by atoms with Gasteiger partial charge in [0.05, 0.1) is 0 Å². The van der Waals surface area contributed by atoms with Crippen LogP contribution in [-0.2, 0) is 6.54 Å². The summed E-state index contributed by atoms with van der Waals surface area (Å²) in [6, 6.07) is 6.14. The Morgan fingerprint density at radius 3 is 2.62 bits per heavy atom. The van der Waals surface area contributed by atoms with Gasteiger partial charge in [-0.25, -0.2) is 4.39 Å². The molecular weight excluding hydrogens is 287 g/mol. The SMILES string of the molecule is Fc1cccc(Cl)c1CN1CC(C2CC2)NCC1C1CC1. The Morgan fingerprint density at radius 2 is 1.95 bits per heavy atom. The Kier molecular flexibility index (Phi) is 3.68. The minimum Gasteiger partial charge on any atom is -0.311 e. The molecule has 0 bridgehead atoms. The first-order valence-electron chi connectivity index (χ1n) is 8.12. The van der Waals surface area contributed by atoms with E-state index in [1.165, 1.54) is 31.7 Å². The molecule has 1 aliphatic heterocycles. The molecule has 4 rings (SSSR count). The Hall–Kier alpha value is -0.640. The normalized spacial score (nSPS) is 30.6. The maximum absolute atomic E-state index is 14.1. The monoisotopic (exact) mass is 308 g/mol. The molecule has 4 heteroatoms. The zero-order chi connectivity index (χ0) is 14.4. The van der Waals surface area contributed by atoms with Gasteiger partial charge in [0.2, 0.25) is 0 Å². The predicted octanol–water partition coefficient (Wildman–Crippen LogP) is 3.44. The van der Waals surface area contributed by atoms with Crippen LogP contribution < -0.4 is 5.32 Å². The van der Waals surface area contributed by atoms with E-state index >= 15 is 0 Å². The molecule has 2 saturated carbocycles. The molecule has 2 nitrogen and oxygen atoms in total. The zero-order valence-corrected chi connectivity index (χ0v) is 13.0. The molecule has 2 unspecified atom stereocenters. The van der Waals surface area contributed by atoms with Crippen LogP contribution in [-0.4, -0.2) is 30.1 Å². The summed E-state index contributed by atoms with van der Waals surface area (Å²) >= 11 is 6.22. The van der Waals surface area contributed by atoms with Gasteiger partial charge in [-0.05, 0) is 49.7 Å². The molecule has 0 radical (unpaired) electrons. The third kappa shape index (κ3) is 2.96. The quantitative estimate of drug-likeness (QED) is 0.916. The summed E-state index contributed by atoms with van der Waals surface area (Å²) in [6.45, 7) is 2.74. The number of halogens is 2. The largest absolute Gasteiger partial charge is 0.311 e. The van der Waals surface area contributed by atoms with Crippen LogP contribution in [0.1, 0.15) is 31.2 Å². The summed E-state index contributed by atoms with van der Waals surface area (Å²) in [5.41, 5.74) is 0.668. The van der Waals surface area contributed by atoms with E-state index in [0.717, 1.165) is 24.9 Å². The van der Waals surface area contributed by atoms with Gasteiger partial charge < -0.3 is 5.32 Å². The molecule has 0 spiro atoms. The Bertz CT molecular complexity index is 507. The van der Waals surface area contributed by atoms with E-state index < -0.39 is 0 Å². The second kappa shape index (κ2) is 5.53. The molecule has 1 N–H and O–H groups in total. The van der Waals surface area contributed by atoms with E-state index in [0.29, 0.717) is 29.2 Å². The molecule has 2 atom stereocenters. The average molecular weight is 309 g/mol. The summed E-state index contributed by atoms with van der Waals surface area (Å²) in [5, 5.41) is 4.29. The lowest BCUT2D eigenvalue weighted by Crippen LogP contribution is -2.57. The van der Waals surface area contributed by atoms with Crippen molar-refractivity contribution in [2.75, 3.05) is 13.1 Å². The standard InChI is InChI=1S/C17H22ClFN2/c18-14-2-1-3-15(19)13(14)9-21-10-16(11-4-5-11)20-8-17(21)12-6-7-12/h1-3,11-12,16-17,20H,4-10H2. The van der Waals surface area contributed by atoms with E-state index in [1.54, 1.807) is 12.1 Å². The molecular formula is C17H22ClFN2. The van der Waals surface area contributed by atoms with Crippen LogP contribution in [0.4, 0.5) is 4.39 Å². The first-order valence-corrected chi connectivity index (χ1v) is 8.50. The number of rotatable bonds is 4. The fraction of sp³-hybridized carbons (Fsp3) is 0.647. The zero-order valence-electron chi connectivity index (χ0n) is 12.2. The molecule has 21 heavy (non-hydrogen) atoms. The van der Waals surface area contributed by atoms with Crippen molar-refractivity contribution in [1.29, 1.82) is 0 Å². The lowest BCUT2D eigenvalue weighted by Gasteiger charge is -2.41. The molecule has 1 aromatic rings. The Balaban J connectivity index is 1.54. The molecule has 0 aromatic heterocycles. The topological polar surface area (TPSA) is 15.3 Å². The first kappa shape index (κ1) is 14.0. The van der Waals surface area contributed by atoms with Crippen LogP contribution in [0.2, 0.25) is 5.02 Å². The highest BCUT2D eigenvalue weighted by molar-refractivity contribution is 6.31. The van der Waals surface area contributed by atoms with Crippen LogP contribution in [0.3, 0.4) is 0 Å². The highest BCUT2D eigenvalue weighted by atomic mass is 35.5. The van der Waals surface area contributed by atoms with Gasteiger partial charge in [-0.2, -0.15) is 0 Å². The molecule has 0 amide bonds. The third-order valence-corrected chi connectivity index (χ3v) is 5.62. The van der Waals surface area contributed by atoms with Crippen molar-refractivity contribution in [3.05, 3.63) is 34.6 Å². The Morgan fingerprint density at radius 1 is 1.19 bits per heavy atom. The summed E-state index contributed by atoms with van der Waals surface area (Å²) in [7, 11) is 0. The maximum atomic E-state index is 14.1. The van der Waals surface area contributed by atoms with Crippen LogP contribution >= 0.6 is 11.6 Å². The lowest BCUT2D eigenvalue weighted by atomic mass is 10.0. The summed E-state index contributed by atoms with van der Waals surface area (Å²) in [4.78, 5) is 2.49. The van der Waals surface area contributed by atoms with Crippen molar-refractivity contribution in [2.45, 2.75) is 44.3 Å². The number of piperazine rings is 1. The molecule has 1 heterocycles. The smallest absolute Gasteiger partial charge is 0.129 e. The molecule has 1 aromatic carbocycles. The van der Waals surface area contributed by atoms with E-state index in [-0.39, 0.29) is 5.82 Å². The molecule has 2 aliphatic carbocycles. The van der Waals surface area contributed by atoms with Crippen molar-refractivity contribution in [3.8, 4) is 0 Å². The molecule has 114 valence electrons. The Labute approximate surface area is 130 Å². The maximum Gasteiger partial charge on any atom is 0.129 e. The van der Waals surface area contributed by atoms with Crippen LogP contribution in [0.5, 0.6) is 0 Å². The fourth-order valence-corrected chi connectivity index (χ4v) is 3.91. The van der Waals surface area contributed by atoms with Crippen LogP contribution in [0.25, 0.3) is 0 Å². The predicted molar refractivity (Wildman–Crippen MR) is 82.8 cm³/mol. The number of nitrogens with one attached hydrogen (secondary N) is 1. The van der Waals surface area contributed by atoms with Gasteiger partial charge in [0.25, 0.3) is 0 Å².